The fourth-order valence-electron chi connectivity index (χ4n) is 1.57. The molecule has 104 valence electrons. The molecule has 2 aromatic rings. The van der Waals surface area contributed by atoms with E-state index in [4.69, 9.17) is 0 Å². The number of hydrogen-bond acceptors (Lipinski definition) is 2. The van der Waals surface area contributed by atoms with E-state index in [1.54, 1.807) is 18.2 Å². The van der Waals surface area contributed by atoms with E-state index in [0.29, 0.717) is 5.69 Å². The molecule has 0 heterocycles. The molecule has 0 atom stereocenters. The van der Waals surface area contributed by atoms with E-state index in [1.807, 2.05) is 18.2 Å². The molecule has 3 nitrogen and oxygen atoms in total. The van der Waals surface area contributed by atoms with Crippen molar-refractivity contribution in [3.8, 4) is 0 Å². The van der Waals surface area contributed by atoms with Crippen LogP contribution >= 0.6 is 31.9 Å². The van der Waals surface area contributed by atoms with Crippen LogP contribution in [-0.2, 0) is 4.79 Å². The second-order valence-corrected chi connectivity index (χ2v) is 5.78. The van der Waals surface area contributed by atoms with Crippen LogP contribution in [0.2, 0.25) is 0 Å². The van der Waals surface area contributed by atoms with Crippen LogP contribution in [0.4, 0.5) is 15.8 Å². The first-order valence-electron chi connectivity index (χ1n) is 5.79. The zero-order valence-electron chi connectivity index (χ0n) is 10.3. The summed E-state index contributed by atoms with van der Waals surface area (Å²) in [7, 11) is 0. The molecule has 2 aromatic carbocycles. The summed E-state index contributed by atoms with van der Waals surface area (Å²) in [6, 6.07) is 11.8. The normalized spacial score (nSPS) is 10.2. The molecular formula is C14H11Br2FN2O. The van der Waals surface area contributed by atoms with Gasteiger partial charge in [-0.2, -0.15) is 0 Å². The van der Waals surface area contributed by atoms with Crippen LogP contribution in [0.15, 0.2) is 51.4 Å². The molecule has 0 saturated carbocycles. The molecule has 0 radical (unpaired) electrons. The third-order valence-electron chi connectivity index (χ3n) is 2.52. The molecule has 0 unspecified atom stereocenters. The molecule has 0 aliphatic heterocycles. The minimum Gasteiger partial charge on any atom is -0.374 e. The van der Waals surface area contributed by atoms with E-state index in [1.165, 1.54) is 6.07 Å². The molecule has 6 heteroatoms. The fraction of sp³-hybridized carbons (Fsp3) is 0.0714. The van der Waals surface area contributed by atoms with E-state index < -0.39 is 5.82 Å². The number of rotatable bonds is 4. The number of amides is 1. The monoisotopic (exact) mass is 400 g/mol. The fourth-order valence-corrected chi connectivity index (χ4v) is 2.31. The van der Waals surface area contributed by atoms with Crippen LogP contribution in [0.25, 0.3) is 0 Å². The standard InChI is InChI=1S/C14H11Br2FN2O/c15-9-5-6-11(17)13(7-9)18-8-14(20)19-12-4-2-1-3-10(12)16/h1-7,18H,8H2,(H,19,20). The van der Waals surface area contributed by atoms with Gasteiger partial charge >= 0.3 is 0 Å². The number of para-hydroxylation sites is 1. The average molecular weight is 402 g/mol. The van der Waals surface area contributed by atoms with Crippen molar-refractivity contribution in [3.63, 3.8) is 0 Å². The van der Waals surface area contributed by atoms with Crippen molar-refractivity contribution >= 4 is 49.1 Å². The Kier molecular flexibility index (Phi) is 5.14. The largest absolute Gasteiger partial charge is 0.374 e. The molecule has 2 N–H and O–H groups in total. The summed E-state index contributed by atoms with van der Waals surface area (Å²) in [4.78, 5) is 11.8. The van der Waals surface area contributed by atoms with E-state index >= 15 is 0 Å². The van der Waals surface area contributed by atoms with Crippen LogP contribution in [0.5, 0.6) is 0 Å². The number of hydrogen-bond donors (Lipinski definition) is 2. The Balaban J connectivity index is 1.96. The first-order valence-corrected chi connectivity index (χ1v) is 7.38. The number of nitrogens with one attached hydrogen (secondary N) is 2. The third kappa shape index (κ3) is 4.05. The van der Waals surface area contributed by atoms with Crippen LogP contribution in [-0.4, -0.2) is 12.5 Å². The Bertz CT molecular complexity index is 634. The second kappa shape index (κ2) is 6.85. The smallest absolute Gasteiger partial charge is 0.243 e. The van der Waals surface area contributed by atoms with Crippen LogP contribution in [0.3, 0.4) is 0 Å². The molecule has 20 heavy (non-hydrogen) atoms. The van der Waals surface area contributed by atoms with Crippen molar-refractivity contribution in [2.24, 2.45) is 0 Å². The van der Waals surface area contributed by atoms with Gasteiger partial charge < -0.3 is 10.6 Å². The molecule has 0 spiro atoms. The SMILES string of the molecule is O=C(CNc1cc(Br)ccc1F)Nc1ccccc1Br. The van der Waals surface area contributed by atoms with Crippen molar-refractivity contribution in [2.45, 2.75) is 0 Å². The van der Waals surface area contributed by atoms with E-state index in [9.17, 15) is 9.18 Å². The first-order chi connectivity index (χ1) is 9.56. The number of carbonyl (C=O) groups is 1. The van der Waals surface area contributed by atoms with Gasteiger partial charge in [0.05, 0.1) is 17.9 Å². The molecular weight excluding hydrogens is 391 g/mol. The summed E-state index contributed by atoms with van der Waals surface area (Å²) in [5.74, 6) is -0.654. The number of halogens is 3. The van der Waals surface area contributed by atoms with Crippen molar-refractivity contribution in [2.75, 3.05) is 17.2 Å². The molecule has 0 aliphatic carbocycles. The third-order valence-corrected chi connectivity index (χ3v) is 3.70. The Morgan fingerprint density at radius 3 is 2.60 bits per heavy atom. The molecule has 0 fully saturated rings. The van der Waals surface area contributed by atoms with E-state index in [0.717, 1.165) is 8.95 Å². The maximum Gasteiger partial charge on any atom is 0.243 e. The Labute approximate surface area is 132 Å². The lowest BCUT2D eigenvalue weighted by Gasteiger charge is -2.10. The molecule has 0 saturated heterocycles. The van der Waals surface area contributed by atoms with Gasteiger partial charge in [-0.25, -0.2) is 4.39 Å². The predicted octanol–water partition coefficient (Wildman–Crippen LogP) is 4.40. The molecule has 0 aromatic heterocycles. The lowest BCUT2D eigenvalue weighted by atomic mass is 10.3. The van der Waals surface area contributed by atoms with E-state index in [2.05, 4.69) is 42.5 Å². The highest BCUT2D eigenvalue weighted by Gasteiger charge is 2.07. The van der Waals surface area contributed by atoms with Crippen molar-refractivity contribution in [1.29, 1.82) is 0 Å². The van der Waals surface area contributed by atoms with Gasteiger partial charge in [-0.05, 0) is 46.3 Å². The minimum absolute atomic E-state index is 0.0191. The van der Waals surface area contributed by atoms with Gasteiger partial charge in [-0.3, -0.25) is 4.79 Å². The summed E-state index contributed by atoms with van der Waals surface area (Å²) in [5.41, 5.74) is 0.954. The van der Waals surface area contributed by atoms with Gasteiger partial charge in [-0.15, -0.1) is 0 Å². The summed E-state index contributed by atoms with van der Waals surface area (Å²) in [5, 5.41) is 5.49. The second-order valence-electron chi connectivity index (χ2n) is 4.01. The zero-order chi connectivity index (χ0) is 14.5. The van der Waals surface area contributed by atoms with Crippen LogP contribution in [0, 0.1) is 5.82 Å². The number of benzene rings is 2. The molecule has 2 rings (SSSR count). The highest BCUT2D eigenvalue weighted by molar-refractivity contribution is 9.10. The number of anilines is 2. The van der Waals surface area contributed by atoms with Gasteiger partial charge in [0.2, 0.25) is 5.91 Å². The Morgan fingerprint density at radius 2 is 1.85 bits per heavy atom. The number of carbonyl (C=O) groups excluding carboxylic acids is 1. The maximum atomic E-state index is 13.5. The Hall–Kier alpha value is -1.40. The van der Waals surface area contributed by atoms with Gasteiger partial charge in [-0.1, -0.05) is 28.1 Å². The Morgan fingerprint density at radius 1 is 1.10 bits per heavy atom. The average Bonchev–Trinajstić information content (AvgIpc) is 2.42. The van der Waals surface area contributed by atoms with Gasteiger partial charge in [0, 0.05) is 8.95 Å². The van der Waals surface area contributed by atoms with Gasteiger partial charge in [0.25, 0.3) is 0 Å². The highest BCUT2D eigenvalue weighted by atomic mass is 79.9. The lowest BCUT2D eigenvalue weighted by molar-refractivity contribution is -0.114. The quantitative estimate of drug-likeness (QED) is 0.797. The topological polar surface area (TPSA) is 41.1 Å². The van der Waals surface area contributed by atoms with Gasteiger partial charge in [0.1, 0.15) is 5.82 Å². The van der Waals surface area contributed by atoms with Crippen molar-refractivity contribution < 1.29 is 9.18 Å². The first kappa shape index (κ1) is 15.0. The summed E-state index contributed by atoms with van der Waals surface area (Å²) in [6.07, 6.45) is 0. The highest BCUT2D eigenvalue weighted by Crippen LogP contribution is 2.22. The zero-order valence-corrected chi connectivity index (χ0v) is 13.5. The lowest BCUT2D eigenvalue weighted by Crippen LogP contribution is -2.22. The minimum atomic E-state index is -0.401. The maximum absolute atomic E-state index is 13.5. The summed E-state index contributed by atoms with van der Waals surface area (Å²) >= 11 is 6.59. The summed E-state index contributed by atoms with van der Waals surface area (Å²) in [6.45, 7) is -0.0191. The van der Waals surface area contributed by atoms with Crippen LogP contribution < -0.4 is 10.6 Å². The summed E-state index contributed by atoms with van der Waals surface area (Å²) < 4.78 is 15.0. The molecule has 1 amide bonds. The molecule has 0 bridgehead atoms. The van der Waals surface area contributed by atoms with Crippen LogP contribution in [0.1, 0.15) is 0 Å². The van der Waals surface area contributed by atoms with E-state index in [-0.39, 0.29) is 18.1 Å². The van der Waals surface area contributed by atoms with Gasteiger partial charge in [0.15, 0.2) is 0 Å². The van der Waals surface area contributed by atoms with Crippen molar-refractivity contribution in [1.82, 2.24) is 0 Å². The molecule has 0 aliphatic rings. The predicted molar refractivity (Wildman–Crippen MR) is 85.4 cm³/mol. The van der Waals surface area contributed by atoms with Crippen molar-refractivity contribution in [3.05, 3.63) is 57.2 Å².